The lowest BCUT2D eigenvalue weighted by molar-refractivity contribution is 0.128. The van der Waals surface area contributed by atoms with Gasteiger partial charge in [-0.3, -0.25) is 0 Å². The summed E-state index contributed by atoms with van der Waals surface area (Å²) in [6.45, 7) is 7.47. The molecule has 0 amide bonds. The quantitative estimate of drug-likeness (QED) is 0.599. The first-order valence-corrected chi connectivity index (χ1v) is 6.94. The second kappa shape index (κ2) is 7.50. The summed E-state index contributed by atoms with van der Waals surface area (Å²) in [4.78, 5) is 8.56. The van der Waals surface area contributed by atoms with Crippen LogP contribution in [0.5, 0.6) is 0 Å². The second-order valence-electron chi connectivity index (χ2n) is 4.22. The molecular weight excluding hydrogens is 234 g/mol. The van der Waals surface area contributed by atoms with E-state index in [1.165, 1.54) is 6.42 Å². The molecule has 1 aromatic heterocycles. The predicted molar refractivity (Wildman–Crippen MR) is 72.0 cm³/mol. The maximum atomic E-state index is 5.74. The lowest BCUT2D eigenvalue weighted by atomic mass is 10.2. The van der Waals surface area contributed by atoms with Crippen molar-refractivity contribution in [1.82, 2.24) is 9.97 Å². The van der Waals surface area contributed by atoms with Crippen molar-refractivity contribution < 1.29 is 4.74 Å². The summed E-state index contributed by atoms with van der Waals surface area (Å²) in [5.74, 6) is 2.95. The van der Waals surface area contributed by atoms with Crippen molar-refractivity contribution in [3.8, 4) is 0 Å². The maximum Gasteiger partial charge on any atom is 0.157 e. The average molecular weight is 255 g/mol. The number of thioether (sulfide) groups is 1. The normalized spacial score (nSPS) is 11.1. The highest BCUT2D eigenvalue weighted by atomic mass is 32.2. The molecule has 0 aliphatic heterocycles. The molecule has 0 radical (unpaired) electrons. The van der Waals surface area contributed by atoms with Crippen molar-refractivity contribution >= 4 is 17.6 Å². The van der Waals surface area contributed by atoms with Gasteiger partial charge in [-0.15, -0.1) is 11.8 Å². The average Bonchev–Trinajstić information content (AvgIpc) is 2.25. The van der Waals surface area contributed by atoms with Crippen LogP contribution < -0.4 is 5.73 Å². The number of nitrogens with two attached hydrogens (primary N) is 1. The maximum absolute atomic E-state index is 5.74. The largest absolute Gasteiger partial charge is 0.384 e. The van der Waals surface area contributed by atoms with Gasteiger partial charge in [0.1, 0.15) is 17.5 Å². The number of nitrogens with zero attached hydrogens (tertiary/aromatic N) is 2. The first-order valence-electron chi connectivity index (χ1n) is 5.95. The lowest BCUT2D eigenvalue weighted by Gasteiger charge is -2.06. The van der Waals surface area contributed by atoms with E-state index in [0.717, 1.165) is 10.8 Å². The number of anilines is 1. The van der Waals surface area contributed by atoms with Gasteiger partial charge < -0.3 is 10.5 Å². The molecule has 2 N–H and O–H groups in total. The van der Waals surface area contributed by atoms with E-state index in [4.69, 9.17) is 10.5 Å². The molecule has 0 bridgehead atoms. The zero-order chi connectivity index (χ0) is 12.7. The van der Waals surface area contributed by atoms with Crippen LogP contribution in [0.4, 0.5) is 5.82 Å². The zero-order valence-corrected chi connectivity index (χ0v) is 11.6. The molecule has 1 aromatic rings. The minimum atomic E-state index is 0.430. The van der Waals surface area contributed by atoms with E-state index >= 15 is 0 Å². The number of aromatic nitrogens is 2. The van der Waals surface area contributed by atoms with E-state index in [1.54, 1.807) is 11.8 Å². The van der Waals surface area contributed by atoms with Gasteiger partial charge in [-0.1, -0.05) is 13.8 Å². The van der Waals surface area contributed by atoms with Crippen molar-refractivity contribution in [2.75, 3.05) is 18.1 Å². The highest BCUT2D eigenvalue weighted by Crippen LogP contribution is 2.20. The molecule has 17 heavy (non-hydrogen) atoms. The van der Waals surface area contributed by atoms with Crippen LogP contribution in [-0.2, 0) is 11.3 Å². The van der Waals surface area contributed by atoms with Gasteiger partial charge in [0.05, 0.1) is 0 Å². The number of hydrogen-bond donors (Lipinski definition) is 1. The van der Waals surface area contributed by atoms with Crippen LogP contribution >= 0.6 is 11.8 Å². The molecule has 0 aliphatic rings. The van der Waals surface area contributed by atoms with Crippen molar-refractivity contribution in [2.24, 2.45) is 5.92 Å². The van der Waals surface area contributed by atoms with Crippen LogP contribution in [0.2, 0.25) is 0 Å². The van der Waals surface area contributed by atoms with Gasteiger partial charge >= 0.3 is 0 Å². The summed E-state index contributed by atoms with van der Waals surface area (Å²) in [5, 5.41) is 0.938. The summed E-state index contributed by atoms with van der Waals surface area (Å²) in [7, 11) is 0. The highest BCUT2D eigenvalue weighted by molar-refractivity contribution is 7.99. The third kappa shape index (κ3) is 5.89. The molecule has 0 spiro atoms. The number of rotatable bonds is 7. The van der Waals surface area contributed by atoms with E-state index < -0.39 is 0 Å². The van der Waals surface area contributed by atoms with Crippen LogP contribution in [0.1, 0.15) is 33.0 Å². The smallest absolute Gasteiger partial charge is 0.157 e. The molecule has 0 aliphatic carbocycles. The van der Waals surface area contributed by atoms with Crippen molar-refractivity contribution in [3.63, 3.8) is 0 Å². The fourth-order valence-corrected chi connectivity index (χ4v) is 2.40. The Kier molecular flexibility index (Phi) is 6.29. The van der Waals surface area contributed by atoms with E-state index in [9.17, 15) is 0 Å². The Morgan fingerprint density at radius 3 is 2.82 bits per heavy atom. The number of nitrogen functional groups attached to an aromatic ring is 1. The van der Waals surface area contributed by atoms with Crippen molar-refractivity contribution in [1.29, 1.82) is 0 Å². The summed E-state index contributed by atoms with van der Waals surface area (Å²) < 4.78 is 5.28. The van der Waals surface area contributed by atoms with E-state index in [1.807, 2.05) is 13.0 Å². The molecule has 0 saturated heterocycles. The van der Waals surface area contributed by atoms with Gasteiger partial charge in [-0.25, -0.2) is 9.97 Å². The highest BCUT2D eigenvalue weighted by Gasteiger charge is 2.04. The standard InChI is InChI=1S/C12H21N3OS/c1-4-16-8-11-14-10(13)7-12(15-11)17-6-5-9(2)3/h7,9H,4-6,8H2,1-3H3,(H2,13,14,15). The third-order valence-corrected chi connectivity index (χ3v) is 3.09. The lowest BCUT2D eigenvalue weighted by Crippen LogP contribution is -2.03. The molecule has 0 atom stereocenters. The Bertz CT molecular complexity index is 345. The van der Waals surface area contributed by atoms with E-state index in [0.29, 0.717) is 30.8 Å². The van der Waals surface area contributed by atoms with Crippen molar-refractivity contribution in [3.05, 3.63) is 11.9 Å². The fourth-order valence-electron chi connectivity index (χ4n) is 1.22. The summed E-state index contributed by atoms with van der Waals surface area (Å²) in [6, 6.07) is 1.82. The Balaban J connectivity index is 2.55. The van der Waals surface area contributed by atoms with Crippen LogP contribution in [0.15, 0.2) is 11.1 Å². The fraction of sp³-hybridized carbons (Fsp3) is 0.667. The zero-order valence-electron chi connectivity index (χ0n) is 10.8. The molecule has 0 unspecified atom stereocenters. The Morgan fingerprint density at radius 2 is 2.18 bits per heavy atom. The van der Waals surface area contributed by atoms with Crippen molar-refractivity contribution in [2.45, 2.75) is 38.8 Å². The molecule has 0 saturated carbocycles. The number of ether oxygens (including phenoxy) is 1. The molecule has 1 rings (SSSR count). The van der Waals surface area contributed by atoms with Gasteiger partial charge in [0, 0.05) is 12.7 Å². The molecule has 5 heteroatoms. The Morgan fingerprint density at radius 1 is 1.41 bits per heavy atom. The van der Waals surface area contributed by atoms with E-state index in [2.05, 4.69) is 23.8 Å². The molecule has 96 valence electrons. The molecule has 0 fully saturated rings. The van der Waals surface area contributed by atoms with Gasteiger partial charge in [0.25, 0.3) is 0 Å². The molecule has 4 nitrogen and oxygen atoms in total. The van der Waals surface area contributed by atoms with E-state index in [-0.39, 0.29) is 0 Å². The minimum Gasteiger partial charge on any atom is -0.384 e. The van der Waals surface area contributed by atoms with Crippen LogP contribution in [0, 0.1) is 5.92 Å². The second-order valence-corrected chi connectivity index (χ2v) is 5.33. The van der Waals surface area contributed by atoms with Gasteiger partial charge in [-0.2, -0.15) is 0 Å². The van der Waals surface area contributed by atoms with Crippen LogP contribution in [-0.4, -0.2) is 22.3 Å². The monoisotopic (exact) mass is 255 g/mol. The topological polar surface area (TPSA) is 61.0 Å². The third-order valence-electron chi connectivity index (χ3n) is 2.15. The van der Waals surface area contributed by atoms with Gasteiger partial charge in [0.15, 0.2) is 5.82 Å². The number of hydrogen-bond acceptors (Lipinski definition) is 5. The van der Waals surface area contributed by atoms with Crippen LogP contribution in [0.25, 0.3) is 0 Å². The Labute approximate surface area is 107 Å². The summed E-state index contributed by atoms with van der Waals surface area (Å²) in [6.07, 6.45) is 1.18. The molecular formula is C12H21N3OS. The molecule has 0 aromatic carbocycles. The SMILES string of the molecule is CCOCc1nc(N)cc(SCCC(C)C)n1. The summed E-state index contributed by atoms with van der Waals surface area (Å²) >= 11 is 1.72. The first kappa shape index (κ1) is 14.3. The first-order chi connectivity index (χ1) is 8.11. The predicted octanol–water partition coefficient (Wildman–Crippen LogP) is 2.73. The minimum absolute atomic E-state index is 0.430. The summed E-state index contributed by atoms with van der Waals surface area (Å²) in [5.41, 5.74) is 5.74. The molecule has 1 heterocycles. The van der Waals surface area contributed by atoms with Gasteiger partial charge in [0.2, 0.25) is 0 Å². The van der Waals surface area contributed by atoms with Crippen LogP contribution in [0.3, 0.4) is 0 Å². The van der Waals surface area contributed by atoms with Gasteiger partial charge in [-0.05, 0) is 25.0 Å². The Hall–Kier alpha value is -0.810.